The van der Waals surface area contributed by atoms with Gasteiger partial charge in [-0.25, -0.2) is 8.42 Å². The normalized spacial score (nSPS) is 26.0. The minimum Gasteiger partial charge on any atom is -0.480 e. The summed E-state index contributed by atoms with van der Waals surface area (Å²) in [5.74, 6) is -1.08. The number of carbonyl (C=O) groups is 1. The molecule has 1 fully saturated rings. The molecule has 0 amide bonds. The van der Waals surface area contributed by atoms with Gasteiger partial charge in [-0.3, -0.25) is 4.79 Å². The summed E-state index contributed by atoms with van der Waals surface area (Å²) >= 11 is 0. The molecule has 1 aliphatic heterocycles. The van der Waals surface area contributed by atoms with Crippen LogP contribution in [0.15, 0.2) is 23.1 Å². The molecular weight excluding hydrogens is 290 g/mol. The average molecular weight is 309 g/mol. The summed E-state index contributed by atoms with van der Waals surface area (Å²) in [4.78, 5) is 11.7. The highest BCUT2D eigenvalue weighted by atomic mass is 32.2. The van der Waals surface area contributed by atoms with Crippen LogP contribution in [0.4, 0.5) is 0 Å². The summed E-state index contributed by atoms with van der Waals surface area (Å²) in [6.07, 6.45) is 3.87. The van der Waals surface area contributed by atoms with Gasteiger partial charge in [0, 0.05) is 6.54 Å². The maximum atomic E-state index is 12.8. The SMILES string of the molecule is CC1(C(=O)O)CCCN1S(=O)(=O)c1ccc2c(c1)CCC2. The molecule has 1 heterocycles. The van der Waals surface area contributed by atoms with Crippen LogP contribution in [-0.2, 0) is 27.7 Å². The first-order chi connectivity index (χ1) is 9.85. The highest BCUT2D eigenvalue weighted by molar-refractivity contribution is 7.89. The molecule has 1 aromatic rings. The Balaban J connectivity index is 2.03. The predicted molar refractivity (Wildman–Crippen MR) is 77.6 cm³/mol. The number of sulfonamides is 1. The first-order valence-electron chi connectivity index (χ1n) is 7.24. The molecule has 0 radical (unpaired) electrons. The number of aryl methyl sites for hydroxylation is 2. The third-order valence-electron chi connectivity index (χ3n) is 4.69. The zero-order chi connectivity index (χ0) is 15.3. The Morgan fingerprint density at radius 1 is 1.24 bits per heavy atom. The summed E-state index contributed by atoms with van der Waals surface area (Å²) in [7, 11) is -3.76. The fourth-order valence-corrected chi connectivity index (χ4v) is 5.23. The zero-order valence-corrected chi connectivity index (χ0v) is 12.8. The molecule has 0 bridgehead atoms. The van der Waals surface area contributed by atoms with Crippen LogP contribution in [0.2, 0.25) is 0 Å². The molecule has 0 saturated carbocycles. The molecule has 114 valence electrons. The van der Waals surface area contributed by atoms with Gasteiger partial charge in [0.2, 0.25) is 10.0 Å². The van der Waals surface area contributed by atoms with Crippen LogP contribution in [0.25, 0.3) is 0 Å². The molecule has 1 aromatic carbocycles. The van der Waals surface area contributed by atoms with Gasteiger partial charge in [-0.1, -0.05) is 6.07 Å². The van der Waals surface area contributed by atoms with Crippen molar-refractivity contribution in [1.82, 2.24) is 4.31 Å². The van der Waals surface area contributed by atoms with Gasteiger partial charge in [-0.2, -0.15) is 4.31 Å². The van der Waals surface area contributed by atoms with Gasteiger partial charge in [-0.05, 0) is 62.3 Å². The van der Waals surface area contributed by atoms with Crippen LogP contribution in [0.3, 0.4) is 0 Å². The highest BCUT2D eigenvalue weighted by Gasteiger charge is 2.49. The smallest absolute Gasteiger partial charge is 0.324 e. The van der Waals surface area contributed by atoms with Crippen molar-refractivity contribution in [2.45, 2.75) is 49.5 Å². The van der Waals surface area contributed by atoms with Gasteiger partial charge >= 0.3 is 5.97 Å². The van der Waals surface area contributed by atoms with E-state index in [0.29, 0.717) is 12.8 Å². The molecule has 6 heteroatoms. The standard InChI is InChI=1S/C15H19NO4S/c1-15(14(17)18)8-3-9-16(15)21(19,20)13-7-6-11-4-2-5-12(11)10-13/h6-7,10H,2-5,8-9H2,1H3,(H,17,18). The highest BCUT2D eigenvalue weighted by Crippen LogP contribution is 2.35. The number of aliphatic carboxylic acids is 1. The molecule has 0 spiro atoms. The Kier molecular flexibility index (Phi) is 3.33. The van der Waals surface area contributed by atoms with Gasteiger partial charge < -0.3 is 5.11 Å². The molecule has 1 aliphatic carbocycles. The number of rotatable bonds is 3. The van der Waals surface area contributed by atoms with Gasteiger partial charge in [0.15, 0.2) is 0 Å². The van der Waals surface area contributed by atoms with Gasteiger partial charge in [0.25, 0.3) is 0 Å². The number of fused-ring (bicyclic) bond motifs is 1. The minimum atomic E-state index is -3.76. The Bertz CT molecular complexity index is 698. The summed E-state index contributed by atoms with van der Waals surface area (Å²) in [6, 6.07) is 5.20. The van der Waals surface area contributed by atoms with E-state index in [1.54, 1.807) is 12.1 Å². The van der Waals surface area contributed by atoms with Crippen LogP contribution in [0.5, 0.6) is 0 Å². The van der Waals surface area contributed by atoms with Crippen LogP contribution in [0, 0.1) is 0 Å². The summed E-state index contributed by atoms with van der Waals surface area (Å²) in [5, 5.41) is 9.40. The van der Waals surface area contributed by atoms with Gasteiger partial charge in [0.05, 0.1) is 4.90 Å². The molecule has 1 saturated heterocycles. The van der Waals surface area contributed by atoms with Crippen molar-refractivity contribution in [3.63, 3.8) is 0 Å². The lowest BCUT2D eigenvalue weighted by Crippen LogP contribution is -2.50. The van der Waals surface area contributed by atoms with Crippen molar-refractivity contribution >= 4 is 16.0 Å². The lowest BCUT2D eigenvalue weighted by molar-refractivity contribution is -0.146. The summed E-state index contributed by atoms with van der Waals surface area (Å²) in [6.45, 7) is 1.76. The molecule has 3 rings (SSSR count). The van der Waals surface area contributed by atoms with Gasteiger partial charge in [-0.15, -0.1) is 0 Å². The summed E-state index contributed by atoms with van der Waals surface area (Å²) < 4.78 is 26.8. The number of benzene rings is 1. The molecule has 21 heavy (non-hydrogen) atoms. The Labute approximate surface area is 124 Å². The summed E-state index contributed by atoms with van der Waals surface area (Å²) in [5.41, 5.74) is 0.946. The zero-order valence-electron chi connectivity index (χ0n) is 12.0. The second kappa shape index (κ2) is 4.81. The molecule has 2 aliphatic rings. The number of carboxylic acids is 1. The van der Waals surface area contributed by atoms with E-state index >= 15 is 0 Å². The predicted octanol–water partition coefficient (Wildman–Crippen LogP) is 1.80. The van der Waals surface area contributed by atoms with Crippen molar-refractivity contribution in [2.24, 2.45) is 0 Å². The minimum absolute atomic E-state index is 0.220. The first-order valence-corrected chi connectivity index (χ1v) is 8.68. The Morgan fingerprint density at radius 3 is 2.67 bits per heavy atom. The van der Waals surface area contributed by atoms with Gasteiger partial charge in [0.1, 0.15) is 5.54 Å². The van der Waals surface area contributed by atoms with Crippen LogP contribution in [0.1, 0.15) is 37.3 Å². The third-order valence-corrected chi connectivity index (χ3v) is 6.71. The molecule has 5 nitrogen and oxygen atoms in total. The quantitative estimate of drug-likeness (QED) is 0.924. The van der Waals surface area contributed by atoms with Crippen molar-refractivity contribution in [1.29, 1.82) is 0 Å². The molecule has 1 atom stereocenters. The maximum Gasteiger partial charge on any atom is 0.324 e. The molecule has 1 unspecified atom stereocenters. The Morgan fingerprint density at radius 2 is 1.95 bits per heavy atom. The number of nitrogens with zero attached hydrogens (tertiary/aromatic N) is 1. The van der Waals surface area contributed by atoms with Crippen molar-refractivity contribution in [3.8, 4) is 0 Å². The van der Waals surface area contributed by atoms with Crippen molar-refractivity contribution < 1.29 is 18.3 Å². The van der Waals surface area contributed by atoms with Crippen LogP contribution >= 0.6 is 0 Å². The monoisotopic (exact) mass is 309 g/mol. The fourth-order valence-electron chi connectivity index (χ4n) is 3.37. The van der Waals surface area contributed by atoms with Crippen LogP contribution in [-0.4, -0.2) is 35.9 Å². The van der Waals surface area contributed by atoms with Crippen molar-refractivity contribution in [3.05, 3.63) is 29.3 Å². The van der Waals surface area contributed by atoms with E-state index < -0.39 is 21.5 Å². The van der Waals surface area contributed by atoms with E-state index in [1.165, 1.54) is 12.5 Å². The van der Waals surface area contributed by atoms with E-state index in [4.69, 9.17) is 0 Å². The topological polar surface area (TPSA) is 74.7 Å². The van der Waals surface area contributed by atoms with E-state index in [-0.39, 0.29) is 11.4 Å². The maximum absolute atomic E-state index is 12.8. The second-order valence-electron chi connectivity index (χ2n) is 6.04. The van der Waals surface area contributed by atoms with E-state index in [2.05, 4.69) is 0 Å². The lowest BCUT2D eigenvalue weighted by Gasteiger charge is -2.30. The average Bonchev–Trinajstić information content (AvgIpc) is 3.04. The third kappa shape index (κ3) is 2.17. The molecular formula is C15H19NO4S. The largest absolute Gasteiger partial charge is 0.480 e. The fraction of sp³-hybridized carbons (Fsp3) is 0.533. The first kappa shape index (κ1) is 14.5. The van der Waals surface area contributed by atoms with E-state index in [1.807, 2.05) is 6.07 Å². The molecule has 1 N–H and O–H groups in total. The van der Waals surface area contributed by atoms with E-state index in [0.717, 1.165) is 29.1 Å². The van der Waals surface area contributed by atoms with Crippen molar-refractivity contribution in [2.75, 3.05) is 6.54 Å². The number of hydrogen-bond donors (Lipinski definition) is 1. The lowest BCUT2D eigenvalue weighted by atomic mass is 10.0. The Hall–Kier alpha value is -1.40. The number of hydrogen-bond acceptors (Lipinski definition) is 3. The van der Waals surface area contributed by atoms with E-state index in [9.17, 15) is 18.3 Å². The molecule has 0 aromatic heterocycles. The second-order valence-corrected chi connectivity index (χ2v) is 7.91. The number of carboxylic acid groups (broad SMARTS) is 1. The van der Waals surface area contributed by atoms with Crippen LogP contribution < -0.4 is 0 Å².